The van der Waals surface area contributed by atoms with Crippen molar-refractivity contribution in [1.82, 2.24) is 0 Å². The lowest BCUT2D eigenvalue weighted by molar-refractivity contribution is 0.199. The van der Waals surface area contributed by atoms with E-state index < -0.39 is 0 Å². The van der Waals surface area contributed by atoms with Gasteiger partial charge < -0.3 is 4.74 Å². The molecular formula is C7H16OS. The van der Waals surface area contributed by atoms with Crippen molar-refractivity contribution >= 4 is 11.8 Å². The van der Waals surface area contributed by atoms with Crippen LogP contribution in [0.2, 0.25) is 0 Å². The Balaban J connectivity index is 2.75. The van der Waals surface area contributed by atoms with Gasteiger partial charge in [0.25, 0.3) is 0 Å². The lowest BCUT2D eigenvalue weighted by Gasteiger charge is -2.02. The predicted molar refractivity (Wildman–Crippen MR) is 43.8 cm³/mol. The zero-order valence-electron chi connectivity index (χ0n) is 6.52. The molecule has 0 aromatic rings. The topological polar surface area (TPSA) is 9.23 Å². The molecule has 0 aromatic carbocycles. The van der Waals surface area contributed by atoms with E-state index in [0.717, 1.165) is 18.5 Å². The van der Waals surface area contributed by atoms with Crippen molar-refractivity contribution in [2.45, 2.75) is 20.8 Å². The summed E-state index contributed by atoms with van der Waals surface area (Å²) in [5.41, 5.74) is 0. The van der Waals surface area contributed by atoms with Crippen LogP contribution < -0.4 is 0 Å². The van der Waals surface area contributed by atoms with Crippen LogP contribution >= 0.6 is 11.8 Å². The van der Waals surface area contributed by atoms with Gasteiger partial charge in [0.05, 0.1) is 5.94 Å². The van der Waals surface area contributed by atoms with E-state index in [1.807, 2.05) is 18.7 Å². The highest BCUT2D eigenvalue weighted by atomic mass is 32.2. The van der Waals surface area contributed by atoms with Gasteiger partial charge in [0.15, 0.2) is 0 Å². The summed E-state index contributed by atoms with van der Waals surface area (Å²) in [5.74, 6) is 2.85. The second-order valence-electron chi connectivity index (χ2n) is 2.38. The molecule has 0 bridgehead atoms. The van der Waals surface area contributed by atoms with E-state index in [0.29, 0.717) is 0 Å². The van der Waals surface area contributed by atoms with Crippen molar-refractivity contribution in [2.75, 3.05) is 18.3 Å². The minimum absolute atomic E-state index is 0.787. The van der Waals surface area contributed by atoms with Gasteiger partial charge >= 0.3 is 0 Å². The quantitative estimate of drug-likeness (QED) is 0.437. The van der Waals surface area contributed by atoms with Crippen LogP contribution in [0.15, 0.2) is 0 Å². The molecule has 0 amide bonds. The number of hydrogen-bond donors (Lipinski definition) is 0. The first-order valence-electron chi connectivity index (χ1n) is 3.42. The monoisotopic (exact) mass is 148 g/mol. The third-order valence-electron chi connectivity index (χ3n) is 0.822. The zero-order chi connectivity index (χ0) is 7.11. The second kappa shape index (κ2) is 6.43. The minimum atomic E-state index is 0.787. The van der Waals surface area contributed by atoms with Gasteiger partial charge in [-0.2, -0.15) is 0 Å². The molecule has 0 aliphatic carbocycles. The molecule has 0 unspecified atom stereocenters. The van der Waals surface area contributed by atoms with Gasteiger partial charge in [0, 0.05) is 6.61 Å². The maximum atomic E-state index is 5.15. The number of thioether (sulfide) groups is 1. The molecule has 0 spiro atoms. The van der Waals surface area contributed by atoms with Gasteiger partial charge in [-0.15, -0.1) is 11.8 Å². The third kappa shape index (κ3) is 8.31. The molecule has 9 heavy (non-hydrogen) atoms. The highest BCUT2D eigenvalue weighted by molar-refractivity contribution is 7.99. The minimum Gasteiger partial charge on any atom is -0.371 e. The predicted octanol–water partition coefficient (Wildman–Crippen LogP) is 2.37. The Kier molecular flexibility index (Phi) is 6.65. The van der Waals surface area contributed by atoms with Crippen molar-refractivity contribution in [3.05, 3.63) is 0 Å². The first-order chi connectivity index (χ1) is 4.27. The number of hydrogen-bond acceptors (Lipinski definition) is 2. The molecule has 0 aliphatic heterocycles. The van der Waals surface area contributed by atoms with Crippen molar-refractivity contribution in [1.29, 1.82) is 0 Å². The Morgan fingerprint density at radius 3 is 2.56 bits per heavy atom. The van der Waals surface area contributed by atoms with Gasteiger partial charge in [0.1, 0.15) is 0 Å². The summed E-state index contributed by atoms with van der Waals surface area (Å²) in [6.45, 7) is 7.30. The molecule has 0 atom stereocenters. The fourth-order valence-corrected chi connectivity index (χ4v) is 1.28. The maximum absolute atomic E-state index is 5.15. The fraction of sp³-hybridized carbons (Fsp3) is 1.00. The van der Waals surface area contributed by atoms with Crippen LogP contribution in [-0.4, -0.2) is 18.3 Å². The lowest BCUT2D eigenvalue weighted by Crippen LogP contribution is -1.94. The Morgan fingerprint density at radius 2 is 2.11 bits per heavy atom. The van der Waals surface area contributed by atoms with Gasteiger partial charge in [-0.3, -0.25) is 0 Å². The summed E-state index contributed by atoms with van der Waals surface area (Å²) in [6, 6.07) is 0. The molecule has 0 radical (unpaired) electrons. The van der Waals surface area contributed by atoms with Gasteiger partial charge in [-0.25, -0.2) is 0 Å². The first-order valence-corrected chi connectivity index (χ1v) is 4.58. The van der Waals surface area contributed by atoms with Crippen molar-refractivity contribution in [3.8, 4) is 0 Å². The van der Waals surface area contributed by atoms with E-state index in [4.69, 9.17) is 4.74 Å². The van der Waals surface area contributed by atoms with Crippen LogP contribution in [0.25, 0.3) is 0 Å². The highest BCUT2D eigenvalue weighted by Gasteiger charge is 1.91. The zero-order valence-corrected chi connectivity index (χ0v) is 7.33. The Morgan fingerprint density at radius 1 is 1.44 bits per heavy atom. The van der Waals surface area contributed by atoms with Crippen LogP contribution in [-0.2, 0) is 4.74 Å². The van der Waals surface area contributed by atoms with Crippen molar-refractivity contribution in [3.63, 3.8) is 0 Å². The van der Waals surface area contributed by atoms with E-state index in [2.05, 4.69) is 13.8 Å². The molecule has 0 heterocycles. The second-order valence-corrected chi connectivity index (χ2v) is 3.35. The summed E-state index contributed by atoms with van der Waals surface area (Å²) in [7, 11) is 0. The molecule has 2 heteroatoms. The van der Waals surface area contributed by atoms with E-state index >= 15 is 0 Å². The van der Waals surface area contributed by atoms with Crippen LogP contribution in [0.5, 0.6) is 0 Å². The lowest BCUT2D eigenvalue weighted by atomic mass is 10.3. The Hall–Kier alpha value is 0.310. The van der Waals surface area contributed by atoms with Crippen LogP contribution in [0.3, 0.4) is 0 Å². The summed E-state index contributed by atoms with van der Waals surface area (Å²) in [4.78, 5) is 0. The van der Waals surface area contributed by atoms with Crippen LogP contribution in [0.1, 0.15) is 20.8 Å². The van der Waals surface area contributed by atoms with E-state index in [1.165, 1.54) is 5.75 Å². The SMILES string of the molecule is CCOCSCC(C)C. The molecule has 1 nitrogen and oxygen atoms in total. The van der Waals surface area contributed by atoms with Gasteiger partial charge in [0.2, 0.25) is 0 Å². The average molecular weight is 148 g/mol. The van der Waals surface area contributed by atoms with E-state index in [9.17, 15) is 0 Å². The molecule has 56 valence electrons. The van der Waals surface area contributed by atoms with Gasteiger partial charge in [-0.05, 0) is 18.6 Å². The average Bonchev–Trinajstić information content (AvgIpc) is 1.80. The highest BCUT2D eigenvalue weighted by Crippen LogP contribution is 2.06. The molecular weight excluding hydrogens is 132 g/mol. The molecule has 0 fully saturated rings. The molecule has 0 aliphatic rings. The largest absolute Gasteiger partial charge is 0.371 e. The standard InChI is InChI=1S/C7H16OS/c1-4-8-6-9-5-7(2)3/h7H,4-6H2,1-3H3. The van der Waals surface area contributed by atoms with Crippen molar-refractivity contribution < 1.29 is 4.74 Å². The summed E-state index contributed by atoms with van der Waals surface area (Å²) in [5, 5.41) is 0. The smallest absolute Gasteiger partial charge is 0.0920 e. The molecule has 0 rings (SSSR count). The van der Waals surface area contributed by atoms with Crippen molar-refractivity contribution in [2.24, 2.45) is 5.92 Å². The number of ether oxygens (including phenoxy) is 1. The van der Waals surface area contributed by atoms with Crippen LogP contribution in [0.4, 0.5) is 0 Å². The summed E-state index contributed by atoms with van der Waals surface area (Å²) >= 11 is 1.86. The fourth-order valence-electron chi connectivity index (χ4n) is 0.426. The van der Waals surface area contributed by atoms with Gasteiger partial charge in [-0.1, -0.05) is 13.8 Å². The van der Waals surface area contributed by atoms with E-state index in [1.54, 1.807) is 0 Å². The number of rotatable bonds is 5. The normalized spacial score (nSPS) is 10.7. The van der Waals surface area contributed by atoms with Crippen LogP contribution in [0, 0.1) is 5.92 Å². The Labute approximate surface area is 62.2 Å². The molecule has 0 N–H and O–H groups in total. The molecule has 0 saturated carbocycles. The van der Waals surface area contributed by atoms with E-state index in [-0.39, 0.29) is 0 Å². The first kappa shape index (κ1) is 9.31. The summed E-state index contributed by atoms with van der Waals surface area (Å²) in [6.07, 6.45) is 0. The maximum Gasteiger partial charge on any atom is 0.0920 e. The Bertz CT molecular complexity index is 54.9. The summed E-state index contributed by atoms with van der Waals surface area (Å²) < 4.78 is 5.15. The molecule has 0 aromatic heterocycles. The third-order valence-corrected chi connectivity index (χ3v) is 2.06. The molecule has 0 saturated heterocycles.